The van der Waals surface area contributed by atoms with Crippen LogP contribution in [0.2, 0.25) is 0 Å². The largest absolute Gasteiger partial charge is 0.399 e. The Morgan fingerprint density at radius 3 is 2.90 bits per heavy atom. The van der Waals surface area contributed by atoms with Gasteiger partial charge >= 0.3 is 0 Å². The first-order valence-electron chi connectivity index (χ1n) is 7.04. The van der Waals surface area contributed by atoms with Crippen molar-refractivity contribution in [3.8, 4) is 0 Å². The molecule has 0 spiro atoms. The van der Waals surface area contributed by atoms with Gasteiger partial charge in [0.05, 0.1) is 11.7 Å². The fraction of sp³-hybridized carbons (Fsp3) is 0.533. The zero-order chi connectivity index (χ0) is 14.5. The molecule has 0 bridgehead atoms. The fourth-order valence-electron chi connectivity index (χ4n) is 2.40. The third-order valence-electron chi connectivity index (χ3n) is 3.51. The highest BCUT2D eigenvalue weighted by Crippen LogP contribution is 2.21. The molecule has 1 aliphatic heterocycles. The van der Waals surface area contributed by atoms with Gasteiger partial charge in [-0.3, -0.25) is 4.79 Å². The molecule has 3 N–H and O–H groups in total. The minimum Gasteiger partial charge on any atom is -0.399 e. The Kier molecular flexibility index (Phi) is 4.84. The van der Waals surface area contributed by atoms with Crippen LogP contribution in [0.4, 0.5) is 11.4 Å². The van der Waals surface area contributed by atoms with Crippen LogP contribution in [0.3, 0.4) is 0 Å². The van der Waals surface area contributed by atoms with Gasteiger partial charge in [0.2, 0.25) is 0 Å². The summed E-state index contributed by atoms with van der Waals surface area (Å²) < 4.78 is 5.62. The SMILES string of the molecule is CN(C)c1ccc(N)cc1C(=O)NCC1CCCCO1. The van der Waals surface area contributed by atoms with Crippen LogP contribution < -0.4 is 16.0 Å². The van der Waals surface area contributed by atoms with Gasteiger partial charge in [-0.1, -0.05) is 0 Å². The number of nitrogen functional groups attached to an aromatic ring is 1. The molecule has 1 saturated heterocycles. The number of rotatable bonds is 4. The number of nitrogens with two attached hydrogens (primary N) is 1. The lowest BCUT2D eigenvalue weighted by Crippen LogP contribution is -2.36. The first-order valence-corrected chi connectivity index (χ1v) is 7.04. The maximum atomic E-state index is 12.3. The molecule has 0 aromatic heterocycles. The van der Waals surface area contributed by atoms with E-state index < -0.39 is 0 Å². The summed E-state index contributed by atoms with van der Waals surface area (Å²) in [5, 5.41) is 2.94. The predicted octanol–water partition coefficient (Wildman–Crippen LogP) is 1.63. The minimum absolute atomic E-state index is 0.102. The van der Waals surface area contributed by atoms with Gasteiger partial charge in [0.25, 0.3) is 5.91 Å². The standard InChI is InChI=1S/C15H23N3O2/c1-18(2)14-7-6-11(16)9-13(14)15(19)17-10-12-5-3-4-8-20-12/h6-7,9,12H,3-5,8,10,16H2,1-2H3,(H,17,19). The van der Waals surface area contributed by atoms with Gasteiger partial charge in [-0.2, -0.15) is 0 Å². The van der Waals surface area contributed by atoms with Gasteiger partial charge in [-0.15, -0.1) is 0 Å². The van der Waals surface area contributed by atoms with Crippen molar-refractivity contribution in [3.63, 3.8) is 0 Å². The molecule has 1 aliphatic rings. The van der Waals surface area contributed by atoms with Crippen LogP contribution in [-0.2, 0) is 4.74 Å². The van der Waals surface area contributed by atoms with Gasteiger partial charge in [0.15, 0.2) is 0 Å². The van der Waals surface area contributed by atoms with Crippen LogP contribution in [0.5, 0.6) is 0 Å². The first-order chi connectivity index (χ1) is 9.58. The Hall–Kier alpha value is -1.75. The number of benzene rings is 1. The quantitative estimate of drug-likeness (QED) is 0.821. The second kappa shape index (κ2) is 6.61. The van der Waals surface area contributed by atoms with Gasteiger partial charge in [0.1, 0.15) is 0 Å². The lowest BCUT2D eigenvalue weighted by Gasteiger charge is -2.23. The lowest BCUT2D eigenvalue weighted by molar-refractivity contribution is 0.0169. The molecule has 20 heavy (non-hydrogen) atoms. The van der Waals surface area contributed by atoms with Gasteiger partial charge in [-0.05, 0) is 37.5 Å². The molecular weight excluding hydrogens is 254 g/mol. The third-order valence-corrected chi connectivity index (χ3v) is 3.51. The summed E-state index contributed by atoms with van der Waals surface area (Å²) in [6.45, 7) is 1.35. The van der Waals surface area contributed by atoms with Crippen molar-refractivity contribution in [2.75, 3.05) is 37.9 Å². The zero-order valence-electron chi connectivity index (χ0n) is 12.2. The van der Waals surface area contributed by atoms with Crippen molar-refractivity contribution in [1.29, 1.82) is 0 Å². The number of anilines is 2. The highest BCUT2D eigenvalue weighted by atomic mass is 16.5. The van der Waals surface area contributed by atoms with Gasteiger partial charge < -0.3 is 20.7 Å². The number of amides is 1. The average molecular weight is 277 g/mol. The number of carbonyl (C=O) groups excluding carboxylic acids is 1. The molecule has 1 heterocycles. The van der Waals surface area contributed by atoms with Crippen molar-refractivity contribution >= 4 is 17.3 Å². The Morgan fingerprint density at radius 2 is 2.25 bits per heavy atom. The summed E-state index contributed by atoms with van der Waals surface area (Å²) in [7, 11) is 3.82. The van der Waals surface area contributed by atoms with Gasteiger partial charge in [0, 0.05) is 38.6 Å². The number of hydrogen-bond acceptors (Lipinski definition) is 4. The highest BCUT2D eigenvalue weighted by molar-refractivity contribution is 6.00. The Balaban J connectivity index is 2.02. The minimum atomic E-state index is -0.102. The molecule has 1 atom stereocenters. The summed E-state index contributed by atoms with van der Waals surface area (Å²) in [5.74, 6) is -0.102. The van der Waals surface area contributed by atoms with E-state index in [2.05, 4.69) is 5.32 Å². The van der Waals surface area contributed by atoms with Crippen LogP contribution in [0.15, 0.2) is 18.2 Å². The molecule has 5 heteroatoms. The fourth-order valence-corrected chi connectivity index (χ4v) is 2.40. The van der Waals surface area contributed by atoms with Crippen molar-refractivity contribution in [3.05, 3.63) is 23.8 Å². The van der Waals surface area contributed by atoms with E-state index >= 15 is 0 Å². The van der Waals surface area contributed by atoms with Crippen molar-refractivity contribution in [2.45, 2.75) is 25.4 Å². The average Bonchev–Trinajstić information content (AvgIpc) is 2.45. The van der Waals surface area contributed by atoms with Crippen LogP contribution in [-0.4, -0.2) is 39.3 Å². The molecule has 2 rings (SSSR count). The van der Waals surface area contributed by atoms with E-state index in [4.69, 9.17) is 10.5 Å². The number of ether oxygens (including phenoxy) is 1. The molecule has 1 fully saturated rings. The lowest BCUT2D eigenvalue weighted by atomic mass is 10.1. The molecule has 0 radical (unpaired) electrons. The number of nitrogens with one attached hydrogen (secondary N) is 1. The number of nitrogens with zero attached hydrogens (tertiary/aromatic N) is 1. The normalized spacial score (nSPS) is 18.6. The Bertz CT molecular complexity index is 468. The number of carbonyl (C=O) groups is 1. The van der Waals surface area contributed by atoms with Crippen LogP contribution in [0.25, 0.3) is 0 Å². The smallest absolute Gasteiger partial charge is 0.253 e. The van der Waals surface area contributed by atoms with Crippen molar-refractivity contribution in [1.82, 2.24) is 5.32 Å². The van der Waals surface area contributed by atoms with E-state index in [-0.39, 0.29) is 12.0 Å². The maximum Gasteiger partial charge on any atom is 0.253 e. The third kappa shape index (κ3) is 3.63. The molecule has 0 aliphatic carbocycles. The van der Waals surface area contributed by atoms with E-state index in [1.807, 2.05) is 25.1 Å². The monoisotopic (exact) mass is 277 g/mol. The van der Waals surface area contributed by atoms with Crippen LogP contribution >= 0.6 is 0 Å². The highest BCUT2D eigenvalue weighted by Gasteiger charge is 2.17. The number of hydrogen-bond donors (Lipinski definition) is 2. The molecule has 1 unspecified atom stereocenters. The van der Waals surface area contributed by atoms with E-state index in [9.17, 15) is 4.79 Å². The van der Waals surface area contributed by atoms with E-state index in [1.54, 1.807) is 12.1 Å². The summed E-state index contributed by atoms with van der Waals surface area (Å²) in [6, 6.07) is 5.38. The van der Waals surface area contributed by atoms with Crippen LogP contribution in [0, 0.1) is 0 Å². The molecule has 0 saturated carbocycles. The Morgan fingerprint density at radius 1 is 1.45 bits per heavy atom. The van der Waals surface area contributed by atoms with Crippen molar-refractivity contribution < 1.29 is 9.53 Å². The van der Waals surface area contributed by atoms with E-state index in [0.29, 0.717) is 17.8 Å². The zero-order valence-corrected chi connectivity index (χ0v) is 12.2. The second-order valence-corrected chi connectivity index (χ2v) is 5.37. The Labute approximate surface area is 120 Å². The van der Waals surface area contributed by atoms with Crippen LogP contribution in [0.1, 0.15) is 29.6 Å². The molecule has 1 amide bonds. The molecule has 1 aromatic carbocycles. The molecular formula is C15H23N3O2. The summed E-state index contributed by atoms with van der Waals surface area (Å²) in [6.07, 6.45) is 3.43. The summed E-state index contributed by atoms with van der Waals surface area (Å²) in [4.78, 5) is 14.2. The summed E-state index contributed by atoms with van der Waals surface area (Å²) in [5.41, 5.74) is 7.84. The van der Waals surface area contributed by atoms with E-state index in [0.717, 1.165) is 25.1 Å². The molecule has 1 aromatic rings. The van der Waals surface area contributed by atoms with E-state index in [1.165, 1.54) is 6.42 Å². The topological polar surface area (TPSA) is 67.6 Å². The first kappa shape index (κ1) is 14.7. The molecule has 110 valence electrons. The molecule has 5 nitrogen and oxygen atoms in total. The maximum absolute atomic E-state index is 12.3. The van der Waals surface area contributed by atoms with Crippen molar-refractivity contribution in [2.24, 2.45) is 0 Å². The summed E-state index contributed by atoms with van der Waals surface area (Å²) >= 11 is 0. The van der Waals surface area contributed by atoms with Gasteiger partial charge in [-0.25, -0.2) is 0 Å². The predicted molar refractivity (Wildman–Crippen MR) is 81.1 cm³/mol. The second-order valence-electron chi connectivity index (χ2n) is 5.37.